The largest absolute Gasteiger partial charge is 0.362 e. The Labute approximate surface area is 132 Å². The first-order valence-corrected chi connectivity index (χ1v) is 8.65. The number of halogens is 1. The zero-order chi connectivity index (χ0) is 15.4. The van der Waals surface area contributed by atoms with E-state index in [1.54, 1.807) is 6.26 Å². The molecule has 1 aromatic heterocycles. The lowest BCUT2D eigenvalue weighted by atomic mass is 10.1. The number of benzene rings is 1. The molecule has 0 bridgehead atoms. The maximum atomic E-state index is 11.4. The average molecular weight is 324 g/mol. The highest BCUT2D eigenvalue weighted by atomic mass is 35.5. The van der Waals surface area contributed by atoms with Gasteiger partial charge in [-0.3, -0.25) is 4.21 Å². The maximum absolute atomic E-state index is 11.4. The average Bonchev–Trinajstić information content (AvgIpc) is 2.49. The van der Waals surface area contributed by atoms with E-state index < -0.39 is 10.8 Å². The molecule has 0 aliphatic carbocycles. The summed E-state index contributed by atoms with van der Waals surface area (Å²) in [5.74, 6) is 0.638. The molecular formula is C15H18ClN3OS. The van der Waals surface area contributed by atoms with Crippen LogP contribution in [0.25, 0.3) is 0 Å². The predicted molar refractivity (Wildman–Crippen MR) is 87.2 cm³/mol. The van der Waals surface area contributed by atoms with Crippen molar-refractivity contribution in [2.24, 2.45) is 0 Å². The van der Waals surface area contributed by atoms with Gasteiger partial charge in [0.15, 0.2) is 0 Å². The molecule has 2 atom stereocenters. The van der Waals surface area contributed by atoms with Gasteiger partial charge in [-0.25, -0.2) is 9.97 Å². The topological polar surface area (TPSA) is 54.9 Å². The fraction of sp³-hybridized carbons (Fsp3) is 0.333. The molecule has 0 fully saturated rings. The molecule has 2 rings (SSSR count). The zero-order valence-electron chi connectivity index (χ0n) is 12.3. The Morgan fingerprint density at radius 2 is 1.95 bits per heavy atom. The van der Waals surface area contributed by atoms with Crippen LogP contribution < -0.4 is 5.32 Å². The summed E-state index contributed by atoms with van der Waals surface area (Å²) >= 11 is 6.28. The first-order valence-electron chi connectivity index (χ1n) is 6.72. The second kappa shape index (κ2) is 7.00. The molecule has 6 heteroatoms. The van der Waals surface area contributed by atoms with Gasteiger partial charge in [-0.15, -0.1) is 0 Å². The fourth-order valence-electron chi connectivity index (χ4n) is 1.99. The third kappa shape index (κ3) is 3.80. The lowest BCUT2D eigenvalue weighted by molar-refractivity contribution is 0.686. The summed E-state index contributed by atoms with van der Waals surface area (Å²) in [7, 11) is -0.959. The highest BCUT2D eigenvalue weighted by Crippen LogP contribution is 2.26. The van der Waals surface area contributed by atoms with Crippen LogP contribution in [0.1, 0.15) is 31.1 Å². The van der Waals surface area contributed by atoms with E-state index in [1.165, 1.54) is 6.33 Å². The number of aryl methyl sites for hydroxylation is 1. The molecule has 0 amide bonds. The summed E-state index contributed by atoms with van der Waals surface area (Å²) in [5, 5.41) is 3.86. The molecule has 0 saturated heterocycles. The first kappa shape index (κ1) is 15.9. The van der Waals surface area contributed by atoms with Crippen LogP contribution in [0, 0.1) is 0 Å². The fourth-order valence-corrected chi connectivity index (χ4v) is 2.80. The second-order valence-electron chi connectivity index (χ2n) is 4.73. The van der Waals surface area contributed by atoms with Gasteiger partial charge < -0.3 is 5.32 Å². The maximum Gasteiger partial charge on any atom is 0.148 e. The molecule has 21 heavy (non-hydrogen) atoms. The van der Waals surface area contributed by atoms with E-state index >= 15 is 0 Å². The zero-order valence-corrected chi connectivity index (χ0v) is 13.8. The Kier molecular flexibility index (Phi) is 5.31. The van der Waals surface area contributed by atoms with Crippen molar-refractivity contribution in [3.63, 3.8) is 0 Å². The van der Waals surface area contributed by atoms with Crippen LogP contribution in [0.4, 0.5) is 5.82 Å². The Morgan fingerprint density at radius 1 is 1.29 bits per heavy atom. The monoisotopic (exact) mass is 323 g/mol. The highest BCUT2D eigenvalue weighted by Gasteiger charge is 2.12. The first-order chi connectivity index (χ1) is 10.0. The summed E-state index contributed by atoms with van der Waals surface area (Å²) in [5.41, 5.74) is 1.91. The minimum Gasteiger partial charge on any atom is -0.362 e. The van der Waals surface area contributed by atoms with E-state index in [0.29, 0.717) is 10.8 Å². The van der Waals surface area contributed by atoms with Gasteiger partial charge in [0.25, 0.3) is 0 Å². The number of nitrogens with one attached hydrogen (secondary N) is 1. The molecule has 0 aliphatic heterocycles. The minimum absolute atomic E-state index is 0.0430. The van der Waals surface area contributed by atoms with Crippen molar-refractivity contribution < 1.29 is 4.21 Å². The number of hydrogen-bond donors (Lipinski definition) is 1. The highest BCUT2D eigenvalue weighted by molar-refractivity contribution is 7.84. The van der Waals surface area contributed by atoms with E-state index in [-0.39, 0.29) is 6.04 Å². The van der Waals surface area contributed by atoms with Gasteiger partial charge in [0, 0.05) is 28.0 Å². The molecule has 0 spiro atoms. The van der Waals surface area contributed by atoms with E-state index in [4.69, 9.17) is 11.6 Å². The lowest BCUT2D eigenvalue weighted by Gasteiger charge is -2.16. The number of nitrogens with zero attached hydrogens (tertiary/aromatic N) is 2. The summed E-state index contributed by atoms with van der Waals surface area (Å²) < 4.78 is 11.4. The Balaban J connectivity index is 2.18. The van der Waals surface area contributed by atoms with Gasteiger partial charge in [-0.05, 0) is 31.0 Å². The van der Waals surface area contributed by atoms with Crippen LogP contribution in [-0.2, 0) is 17.2 Å². The van der Waals surface area contributed by atoms with Crippen molar-refractivity contribution in [2.75, 3.05) is 11.6 Å². The normalized spacial score (nSPS) is 13.7. The van der Waals surface area contributed by atoms with E-state index in [0.717, 1.165) is 22.6 Å². The molecule has 4 nitrogen and oxygen atoms in total. The van der Waals surface area contributed by atoms with Gasteiger partial charge in [0.05, 0.1) is 5.69 Å². The lowest BCUT2D eigenvalue weighted by Crippen LogP contribution is -2.09. The van der Waals surface area contributed by atoms with E-state index in [9.17, 15) is 4.21 Å². The van der Waals surface area contributed by atoms with Crippen molar-refractivity contribution in [2.45, 2.75) is 31.2 Å². The van der Waals surface area contributed by atoms with Crippen molar-refractivity contribution in [1.29, 1.82) is 0 Å². The number of hydrogen-bond acceptors (Lipinski definition) is 4. The van der Waals surface area contributed by atoms with Gasteiger partial charge in [0.1, 0.15) is 17.2 Å². The van der Waals surface area contributed by atoms with Crippen LogP contribution in [0.5, 0.6) is 0 Å². The Bertz CT molecular complexity index is 646. The molecule has 0 saturated carbocycles. The van der Waals surface area contributed by atoms with Gasteiger partial charge in [0.2, 0.25) is 0 Å². The molecule has 0 radical (unpaired) electrons. The molecule has 0 aliphatic rings. The third-order valence-electron chi connectivity index (χ3n) is 3.26. The number of anilines is 1. The van der Waals surface area contributed by atoms with Crippen LogP contribution in [0.2, 0.25) is 5.02 Å². The molecule has 1 N–H and O–H groups in total. The third-order valence-corrected chi connectivity index (χ3v) is 4.59. The van der Waals surface area contributed by atoms with Crippen LogP contribution >= 0.6 is 11.6 Å². The van der Waals surface area contributed by atoms with Gasteiger partial charge in [-0.2, -0.15) is 0 Å². The smallest absolute Gasteiger partial charge is 0.148 e. The standard InChI is InChI=1S/C15H18ClN3OS/c1-4-13-14(16)15(18-9-17-13)19-10(2)11-5-7-12(8-6-11)21(3)20/h5-10H,4H2,1-3H3,(H,17,18,19). The molecular weight excluding hydrogens is 306 g/mol. The van der Waals surface area contributed by atoms with Crippen LogP contribution in [0.15, 0.2) is 35.5 Å². The Morgan fingerprint density at radius 3 is 2.52 bits per heavy atom. The van der Waals surface area contributed by atoms with Crippen LogP contribution in [-0.4, -0.2) is 20.4 Å². The summed E-state index contributed by atoms with van der Waals surface area (Å²) in [6.07, 6.45) is 3.95. The van der Waals surface area contributed by atoms with Crippen molar-refractivity contribution in [3.05, 3.63) is 46.9 Å². The van der Waals surface area contributed by atoms with Crippen LogP contribution in [0.3, 0.4) is 0 Å². The Hall–Kier alpha value is -1.46. The molecule has 2 unspecified atom stereocenters. The van der Waals surface area contributed by atoms with E-state index in [2.05, 4.69) is 15.3 Å². The van der Waals surface area contributed by atoms with Crippen molar-refractivity contribution >= 4 is 28.2 Å². The second-order valence-corrected chi connectivity index (χ2v) is 6.48. The molecule has 2 aromatic rings. The summed E-state index contributed by atoms with van der Waals surface area (Å²) in [6, 6.07) is 7.72. The van der Waals surface area contributed by atoms with Gasteiger partial charge in [-0.1, -0.05) is 30.7 Å². The number of aromatic nitrogens is 2. The van der Waals surface area contributed by atoms with E-state index in [1.807, 2.05) is 38.1 Å². The molecule has 1 aromatic carbocycles. The predicted octanol–water partition coefficient (Wildman–Crippen LogP) is 3.60. The quantitative estimate of drug-likeness (QED) is 0.913. The van der Waals surface area contributed by atoms with Gasteiger partial charge >= 0.3 is 0 Å². The SMILES string of the molecule is CCc1ncnc(NC(C)c2ccc(S(C)=O)cc2)c1Cl. The number of rotatable bonds is 5. The molecule has 1 heterocycles. The van der Waals surface area contributed by atoms with Crippen molar-refractivity contribution in [3.8, 4) is 0 Å². The summed E-state index contributed by atoms with van der Waals surface area (Å²) in [4.78, 5) is 9.17. The van der Waals surface area contributed by atoms with Crippen molar-refractivity contribution in [1.82, 2.24) is 9.97 Å². The molecule has 112 valence electrons. The summed E-state index contributed by atoms with van der Waals surface area (Å²) in [6.45, 7) is 4.03. The minimum atomic E-state index is -0.959.